The van der Waals surface area contributed by atoms with Crippen LogP contribution in [0.5, 0.6) is 0 Å². The van der Waals surface area contributed by atoms with Crippen molar-refractivity contribution in [3.63, 3.8) is 0 Å². The van der Waals surface area contributed by atoms with E-state index in [1.54, 1.807) is 4.52 Å². The molecule has 0 N–H and O–H groups in total. The van der Waals surface area contributed by atoms with Gasteiger partial charge in [0, 0.05) is 17.5 Å². The third kappa shape index (κ3) is 1.99. The lowest BCUT2D eigenvalue weighted by atomic mass is 10.2. The smallest absolute Gasteiger partial charge is 0.207 e. The van der Waals surface area contributed by atoms with E-state index in [0.717, 1.165) is 11.9 Å². The van der Waals surface area contributed by atoms with Crippen molar-refractivity contribution in [1.29, 1.82) is 0 Å². The highest BCUT2D eigenvalue weighted by Crippen LogP contribution is 2.29. The second kappa shape index (κ2) is 4.34. The third-order valence-electron chi connectivity index (χ3n) is 2.69. The van der Waals surface area contributed by atoms with Crippen molar-refractivity contribution in [3.05, 3.63) is 35.7 Å². The van der Waals surface area contributed by atoms with E-state index in [1.165, 1.54) is 23.5 Å². The van der Waals surface area contributed by atoms with Gasteiger partial charge in [0.15, 0.2) is 10.8 Å². The van der Waals surface area contributed by atoms with Crippen molar-refractivity contribution in [2.45, 2.75) is 19.8 Å². The van der Waals surface area contributed by atoms with Gasteiger partial charge < -0.3 is 0 Å². The van der Waals surface area contributed by atoms with Gasteiger partial charge in [-0.15, -0.1) is 10.2 Å². The highest BCUT2D eigenvalue weighted by atomic mass is 32.1. The summed E-state index contributed by atoms with van der Waals surface area (Å²) in [7, 11) is 0. The van der Waals surface area contributed by atoms with Crippen molar-refractivity contribution in [2.75, 3.05) is 0 Å². The Kier molecular flexibility index (Phi) is 2.78. The van der Waals surface area contributed by atoms with Crippen molar-refractivity contribution in [1.82, 2.24) is 19.8 Å². The fourth-order valence-corrected chi connectivity index (χ4v) is 2.64. The molecular weight excluding hydrogens is 270 g/mol. The lowest BCUT2D eigenvalue weighted by molar-refractivity contribution is 0.585. The van der Waals surface area contributed by atoms with Gasteiger partial charge in [-0.25, -0.2) is 8.78 Å². The minimum atomic E-state index is -0.629. The molecular formula is C12H10F2N4S. The first-order valence-electron chi connectivity index (χ1n) is 5.74. The molecule has 4 nitrogen and oxygen atoms in total. The van der Waals surface area contributed by atoms with Crippen molar-refractivity contribution in [3.8, 4) is 10.6 Å². The second-order valence-corrected chi connectivity index (χ2v) is 5.39. The lowest BCUT2D eigenvalue weighted by Gasteiger charge is -1.99. The highest BCUT2D eigenvalue weighted by Gasteiger charge is 2.17. The molecule has 0 unspecified atom stereocenters. The quantitative estimate of drug-likeness (QED) is 0.723. The zero-order valence-electron chi connectivity index (χ0n) is 10.3. The Balaban J connectivity index is 2.15. The lowest BCUT2D eigenvalue weighted by Crippen LogP contribution is -1.98. The molecule has 0 spiro atoms. The molecule has 19 heavy (non-hydrogen) atoms. The summed E-state index contributed by atoms with van der Waals surface area (Å²) in [6.45, 7) is 3.96. The molecule has 3 aromatic rings. The van der Waals surface area contributed by atoms with Gasteiger partial charge in [-0.3, -0.25) is 0 Å². The summed E-state index contributed by atoms with van der Waals surface area (Å²) in [5, 5.41) is 12.8. The summed E-state index contributed by atoms with van der Waals surface area (Å²) in [6, 6.07) is 3.44. The van der Waals surface area contributed by atoms with Crippen LogP contribution in [0.3, 0.4) is 0 Å². The monoisotopic (exact) mass is 280 g/mol. The van der Waals surface area contributed by atoms with Crippen LogP contribution in [0.25, 0.3) is 15.5 Å². The van der Waals surface area contributed by atoms with Crippen LogP contribution in [0.15, 0.2) is 18.2 Å². The molecule has 0 aliphatic carbocycles. The van der Waals surface area contributed by atoms with E-state index in [4.69, 9.17) is 0 Å². The molecule has 7 heteroatoms. The minimum Gasteiger partial charge on any atom is -0.207 e. The largest absolute Gasteiger partial charge is 0.234 e. The Morgan fingerprint density at radius 3 is 2.68 bits per heavy atom. The molecule has 98 valence electrons. The number of hydrogen-bond acceptors (Lipinski definition) is 4. The summed E-state index contributed by atoms with van der Waals surface area (Å²) in [6.07, 6.45) is 0. The number of benzene rings is 1. The van der Waals surface area contributed by atoms with Crippen molar-refractivity contribution >= 4 is 16.3 Å². The van der Waals surface area contributed by atoms with Crippen molar-refractivity contribution in [2.24, 2.45) is 0 Å². The number of rotatable bonds is 2. The SMILES string of the molecule is CC(C)c1nnc2sc(-c3ccc(F)cc3F)nn12. The van der Waals surface area contributed by atoms with E-state index in [1.807, 2.05) is 13.8 Å². The molecule has 1 aromatic carbocycles. The van der Waals surface area contributed by atoms with E-state index in [2.05, 4.69) is 15.3 Å². The molecule has 0 amide bonds. The highest BCUT2D eigenvalue weighted by molar-refractivity contribution is 7.19. The van der Waals surface area contributed by atoms with Gasteiger partial charge in [0.2, 0.25) is 4.96 Å². The topological polar surface area (TPSA) is 43.1 Å². The first kappa shape index (κ1) is 12.2. The Morgan fingerprint density at radius 2 is 2.00 bits per heavy atom. The Labute approximate surface area is 111 Å². The maximum Gasteiger partial charge on any atom is 0.234 e. The van der Waals surface area contributed by atoms with Crippen LogP contribution in [-0.2, 0) is 0 Å². The van der Waals surface area contributed by atoms with Crippen LogP contribution < -0.4 is 0 Å². The molecule has 0 fully saturated rings. The number of aromatic nitrogens is 4. The van der Waals surface area contributed by atoms with Gasteiger partial charge in [-0.1, -0.05) is 25.2 Å². The number of nitrogens with zero attached hydrogens (tertiary/aromatic N) is 4. The summed E-state index contributed by atoms with van der Waals surface area (Å²) in [4.78, 5) is 0.599. The maximum absolute atomic E-state index is 13.7. The number of hydrogen-bond donors (Lipinski definition) is 0. The van der Waals surface area contributed by atoms with Gasteiger partial charge in [-0.2, -0.15) is 9.61 Å². The zero-order chi connectivity index (χ0) is 13.6. The first-order chi connectivity index (χ1) is 9.06. The fraction of sp³-hybridized carbons (Fsp3) is 0.250. The molecule has 0 atom stereocenters. The van der Waals surface area contributed by atoms with Gasteiger partial charge in [0.1, 0.15) is 11.6 Å². The molecule has 0 saturated heterocycles. The number of fused-ring (bicyclic) bond motifs is 1. The molecule has 0 saturated carbocycles. The van der Waals surface area contributed by atoms with Gasteiger partial charge >= 0.3 is 0 Å². The van der Waals surface area contributed by atoms with Gasteiger partial charge in [0.25, 0.3) is 0 Å². The molecule has 0 radical (unpaired) electrons. The molecule has 0 aliphatic rings. The van der Waals surface area contributed by atoms with E-state index in [-0.39, 0.29) is 11.5 Å². The summed E-state index contributed by atoms with van der Waals surface area (Å²) in [5.41, 5.74) is 0.270. The predicted molar refractivity (Wildman–Crippen MR) is 68.1 cm³/mol. The van der Waals surface area contributed by atoms with Gasteiger partial charge in [-0.05, 0) is 12.1 Å². The maximum atomic E-state index is 13.7. The average molecular weight is 280 g/mol. The first-order valence-corrected chi connectivity index (χ1v) is 6.55. The molecule has 0 bridgehead atoms. The molecule has 0 aliphatic heterocycles. The van der Waals surface area contributed by atoms with Crippen molar-refractivity contribution < 1.29 is 8.78 Å². The van der Waals surface area contributed by atoms with E-state index < -0.39 is 11.6 Å². The van der Waals surface area contributed by atoms with Crippen LogP contribution >= 0.6 is 11.3 Å². The van der Waals surface area contributed by atoms with Gasteiger partial charge in [0.05, 0.1) is 0 Å². The Morgan fingerprint density at radius 1 is 1.21 bits per heavy atom. The number of halogens is 2. The van der Waals surface area contributed by atoms with Crippen LogP contribution in [0, 0.1) is 11.6 Å². The Hall–Kier alpha value is -1.89. The van der Waals surface area contributed by atoms with Crippen LogP contribution in [0.2, 0.25) is 0 Å². The van der Waals surface area contributed by atoms with E-state index in [9.17, 15) is 8.78 Å². The third-order valence-corrected chi connectivity index (χ3v) is 3.62. The minimum absolute atomic E-state index is 0.169. The molecule has 3 rings (SSSR count). The zero-order valence-corrected chi connectivity index (χ0v) is 11.1. The predicted octanol–water partition coefficient (Wildman–Crippen LogP) is 3.25. The summed E-state index contributed by atoms with van der Waals surface area (Å²) in [5.74, 6) is -0.341. The van der Waals surface area contributed by atoms with Crippen LogP contribution in [0.1, 0.15) is 25.6 Å². The summed E-state index contributed by atoms with van der Waals surface area (Å²) < 4.78 is 28.2. The fourth-order valence-electron chi connectivity index (χ4n) is 1.76. The second-order valence-electron chi connectivity index (χ2n) is 4.44. The van der Waals surface area contributed by atoms with Crippen LogP contribution in [0.4, 0.5) is 8.78 Å². The molecule has 2 aromatic heterocycles. The van der Waals surface area contributed by atoms with E-state index >= 15 is 0 Å². The normalized spacial score (nSPS) is 11.6. The average Bonchev–Trinajstić information content (AvgIpc) is 2.87. The Bertz CT molecular complexity index is 747. The molecule has 2 heterocycles. The van der Waals surface area contributed by atoms with E-state index in [0.29, 0.717) is 9.97 Å². The standard InChI is InChI=1S/C12H10F2N4S/c1-6(2)10-15-16-12-18(10)17-11(19-12)8-4-3-7(13)5-9(8)14/h3-6H,1-2H3. The summed E-state index contributed by atoms with van der Waals surface area (Å²) >= 11 is 1.22. The van der Waals surface area contributed by atoms with Crippen LogP contribution in [-0.4, -0.2) is 19.8 Å².